The molecule has 14 heavy (non-hydrogen) atoms. The first-order valence-corrected chi connectivity index (χ1v) is 5.97. The van der Waals surface area contributed by atoms with Gasteiger partial charge < -0.3 is 4.74 Å². The van der Waals surface area contributed by atoms with Crippen LogP contribution in [0.3, 0.4) is 0 Å². The quantitative estimate of drug-likeness (QED) is 0.398. The maximum atomic E-state index is 10.8. The minimum atomic E-state index is -1.09. The molecular formula is C9H15Cl3O2. The van der Waals surface area contributed by atoms with Crippen LogP contribution < -0.4 is 0 Å². The summed E-state index contributed by atoms with van der Waals surface area (Å²) in [6.07, 6.45) is 3.65. The highest BCUT2D eigenvalue weighted by Crippen LogP contribution is 2.12. The van der Waals surface area contributed by atoms with Crippen LogP contribution in [0.2, 0.25) is 0 Å². The van der Waals surface area contributed by atoms with Gasteiger partial charge in [0.15, 0.2) is 0 Å². The maximum absolute atomic E-state index is 10.8. The highest BCUT2D eigenvalue weighted by molar-refractivity contribution is 6.52. The van der Waals surface area contributed by atoms with Crippen LogP contribution in [-0.2, 0) is 9.53 Å². The van der Waals surface area contributed by atoms with Crippen molar-refractivity contribution in [3.8, 4) is 0 Å². The summed E-state index contributed by atoms with van der Waals surface area (Å²) in [7, 11) is 0. The predicted octanol–water partition coefficient (Wildman–Crippen LogP) is 3.52. The lowest BCUT2D eigenvalue weighted by molar-refractivity contribution is -0.141. The second-order valence-corrected chi connectivity index (χ2v) is 4.71. The lowest BCUT2D eigenvalue weighted by Gasteiger charge is -2.08. The van der Waals surface area contributed by atoms with Gasteiger partial charge in [0.25, 0.3) is 0 Å². The Morgan fingerprint density at radius 2 is 1.93 bits per heavy atom. The van der Waals surface area contributed by atoms with Gasteiger partial charge in [-0.1, -0.05) is 36.5 Å². The minimum absolute atomic E-state index is 0.168. The first kappa shape index (κ1) is 14.3. The normalized spacial score (nSPS) is 12.9. The van der Waals surface area contributed by atoms with E-state index in [4.69, 9.17) is 39.5 Å². The lowest BCUT2D eigenvalue weighted by atomic mass is 10.1. The fraction of sp³-hybridized carbons (Fsp3) is 0.889. The van der Waals surface area contributed by atoms with Crippen molar-refractivity contribution in [2.75, 3.05) is 6.61 Å². The lowest BCUT2D eigenvalue weighted by Crippen LogP contribution is -2.13. The van der Waals surface area contributed by atoms with Crippen molar-refractivity contribution in [2.45, 2.75) is 42.8 Å². The Labute approximate surface area is 99.8 Å². The number of rotatable bonds is 7. The van der Waals surface area contributed by atoms with Crippen LogP contribution >= 0.6 is 34.8 Å². The average molecular weight is 262 g/mol. The highest BCUT2D eigenvalue weighted by Gasteiger charge is 2.12. The van der Waals surface area contributed by atoms with Crippen molar-refractivity contribution >= 4 is 40.8 Å². The summed E-state index contributed by atoms with van der Waals surface area (Å²) >= 11 is 16.5. The summed E-state index contributed by atoms with van der Waals surface area (Å²) in [5, 5.41) is 0.168. The number of carbonyl (C=O) groups excluding carboxylic acids is 1. The largest absolute Gasteiger partial charge is 0.464 e. The Kier molecular flexibility index (Phi) is 8.84. The van der Waals surface area contributed by atoms with Gasteiger partial charge in [-0.25, -0.2) is 4.79 Å². The zero-order valence-corrected chi connectivity index (χ0v) is 10.4. The Hall–Kier alpha value is 0.340. The molecule has 1 atom stereocenters. The SMILES string of the molecule is CCCC(Cl)CCCOC(=O)C(Cl)Cl. The molecule has 0 bridgehead atoms. The van der Waals surface area contributed by atoms with E-state index >= 15 is 0 Å². The van der Waals surface area contributed by atoms with Crippen LogP contribution in [0.5, 0.6) is 0 Å². The molecule has 0 radical (unpaired) electrons. The molecule has 0 heterocycles. The molecule has 0 fully saturated rings. The zero-order chi connectivity index (χ0) is 11.0. The van der Waals surface area contributed by atoms with Crippen LogP contribution in [0.1, 0.15) is 32.6 Å². The van der Waals surface area contributed by atoms with Gasteiger partial charge in [-0.3, -0.25) is 0 Å². The molecule has 0 amide bonds. The summed E-state index contributed by atoms with van der Waals surface area (Å²) in [6.45, 7) is 2.42. The van der Waals surface area contributed by atoms with Gasteiger partial charge in [-0.2, -0.15) is 0 Å². The van der Waals surface area contributed by atoms with E-state index in [1.54, 1.807) is 0 Å². The van der Waals surface area contributed by atoms with E-state index in [9.17, 15) is 4.79 Å². The van der Waals surface area contributed by atoms with Crippen molar-refractivity contribution in [2.24, 2.45) is 0 Å². The minimum Gasteiger partial charge on any atom is -0.464 e. The van der Waals surface area contributed by atoms with E-state index in [1.807, 2.05) is 0 Å². The van der Waals surface area contributed by atoms with Gasteiger partial charge in [0.1, 0.15) is 0 Å². The molecule has 5 heteroatoms. The summed E-state index contributed by atoms with van der Waals surface area (Å²) in [6, 6.07) is 0. The van der Waals surface area contributed by atoms with Crippen LogP contribution in [0.15, 0.2) is 0 Å². The first-order valence-electron chi connectivity index (χ1n) is 4.66. The van der Waals surface area contributed by atoms with E-state index in [-0.39, 0.29) is 5.38 Å². The molecule has 0 N–H and O–H groups in total. The Balaban J connectivity index is 3.33. The van der Waals surface area contributed by atoms with Crippen molar-refractivity contribution in [1.29, 1.82) is 0 Å². The Morgan fingerprint density at radius 3 is 2.43 bits per heavy atom. The number of ether oxygens (including phenoxy) is 1. The third-order valence-electron chi connectivity index (χ3n) is 1.69. The van der Waals surface area contributed by atoms with Crippen molar-refractivity contribution in [1.82, 2.24) is 0 Å². The summed E-state index contributed by atoms with van der Waals surface area (Å²) in [4.78, 5) is 9.71. The molecule has 2 nitrogen and oxygen atoms in total. The number of carbonyl (C=O) groups is 1. The van der Waals surface area contributed by atoms with E-state index in [1.165, 1.54) is 0 Å². The number of halogens is 3. The van der Waals surface area contributed by atoms with Gasteiger partial charge in [0.2, 0.25) is 4.84 Å². The number of hydrogen-bond acceptors (Lipinski definition) is 2. The topological polar surface area (TPSA) is 26.3 Å². The molecule has 0 aromatic carbocycles. The van der Waals surface area contributed by atoms with E-state index in [0.29, 0.717) is 6.61 Å². The van der Waals surface area contributed by atoms with Crippen LogP contribution in [-0.4, -0.2) is 22.8 Å². The van der Waals surface area contributed by atoms with Gasteiger partial charge in [-0.05, 0) is 19.3 Å². The molecule has 0 aliphatic carbocycles. The zero-order valence-electron chi connectivity index (χ0n) is 8.14. The fourth-order valence-electron chi connectivity index (χ4n) is 0.998. The van der Waals surface area contributed by atoms with Gasteiger partial charge in [0.05, 0.1) is 6.61 Å². The number of hydrogen-bond donors (Lipinski definition) is 0. The van der Waals surface area contributed by atoms with Gasteiger partial charge in [0, 0.05) is 5.38 Å². The van der Waals surface area contributed by atoms with E-state index in [0.717, 1.165) is 25.7 Å². The molecular weight excluding hydrogens is 246 g/mol. The van der Waals surface area contributed by atoms with Crippen molar-refractivity contribution in [3.05, 3.63) is 0 Å². The summed E-state index contributed by atoms with van der Waals surface area (Å²) in [5.41, 5.74) is 0. The number of esters is 1. The number of alkyl halides is 3. The molecule has 84 valence electrons. The van der Waals surface area contributed by atoms with E-state index in [2.05, 4.69) is 6.92 Å². The Bertz CT molecular complexity index is 162. The molecule has 0 aromatic heterocycles. The van der Waals surface area contributed by atoms with Crippen molar-refractivity contribution in [3.63, 3.8) is 0 Å². The van der Waals surface area contributed by atoms with Gasteiger partial charge in [-0.15, -0.1) is 11.6 Å². The highest BCUT2D eigenvalue weighted by atomic mass is 35.5. The van der Waals surface area contributed by atoms with Crippen LogP contribution in [0.4, 0.5) is 0 Å². The molecule has 0 aliphatic rings. The second-order valence-electron chi connectivity index (χ2n) is 3.00. The first-order chi connectivity index (χ1) is 6.57. The molecule has 0 saturated heterocycles. The molecule has 0 aromatic rings. The third-order valence-corrected chi connectivity index (χ3v) is 2.48. The smallest absolute Gasteiger partial charge is 0.339 e. The standard InChI is InChI=1S/C9H15Cl3O2/c1-2-4-7(10)5-3-6-14-9(13)8(11)12/h7-8H,2-6H2,1H3. The van der Waals surface area contributed by atoms with Crippen molar-refractivity contribution < 1.29 is 9.53 Å². The predicted molar refractivity (Wildman–Crippen MR) is 60.2 cm³/mol. The van der Waals surface area contributed by atoms with Gasteiger partial charge >= 0.3 is 5.97 Å². The monoisotopic (exact) mass is 260 g/mol. The second kappa shape index (κ2) is 8.63. The third kappa shape index (κ3) is 7.72. The average Bonchev–Trinajstić information content (AvgIpc) is 2.12. The van der Waals surface area contributed by atoms with E-state index < -0.39 is 10.8 Å². The summed E-state index contributed by atoms with van der Waals surface area (Å²) in [5.74, 6) is -0.588. The fourth-order valence-corrected chi connectivity index (χ4v) is 1.50. The van der Waals surface area contributed by atoms with Crippen LogP contribution in [0.25, 0.3) is 0 Å². The Morgan fingerprint density at radius 1 is 1.29 bits per heavy atom. The summed E-state index contributed by atoms with van der Waals surface area (Å²) < 4.78 is 4.77. The van der Waals surface area contributed by atoms with Crippen LogP contribution in [0, 0.1) is 0 Å². The molecule has 0 rings (SSSR count). The molecule has 0 aliphatic heterocycles. The molecule has 0 saturated carbocycles. The molecule has 1 unspecified atom stereocenters. The maximum Gasteiger partial charge on any atom is 0.339 e. The molecule has 0 spiro atoms.